The standard InChI is InChI=1S/C22H27ClN4O2/c1-15(24-3)12-17-8-10-27(11-9-17)22(28)7-5-18-4-6-20(23)13-19(18)14-21-25-16(2)26-29-21/h4-7,13,17H,8-12,14H2,1-3H3/b7-5+,24-15?. The number of halogens is 1. The van der Waals surface area contributed by atoms with Gasteiger partial charge in [-0.25, -0.2) is 0 Å². The van der Waals surface area contributed by atoms with Gasteiger partial charge in [-0.1, -0.05) is 22.8 Å². The molecule has 2 heterocycles. The van der Waals surface area contributed by atoms with Crippen molar-refractivity contribution in [3.63, 3.8) is 0 Å². The normalized spacial score (nSPS) is 16.0. The van der Waals surface area contributed by atoms with E-state index in [-0.39, 0.29) is 5.91 Å². The number of aromatic nitrogens is 2. The predicted octanol–water partition coefficient (Wildman–Crippen LogP) is 4.35. The van der Waals surface area contributed by atoms with E-state index in [1.165, 1.54) is 5.71 Å². The number of aliphatic imine (C=N–C) groups is 1. The van der Waals surface area contributed by atoms with Crippen molar-refractivity contribution in [2.45, 2.75) is 39.5 Å². The predicted molar refractivity (Wildman–Crippen MR) is 115 cm³/mol. The van der Waals surface area contributed by atoms with Crippen molar-refractivity contribution in [1.82, 2.24) is 15.0 Å². The van der Waals surface area contributed by atoms with Crippen molar-refractivity contribution in [2.75, 3.05) is 20.1 Å². The zero-order valence-electron chi connectivity index (χ0n) is 17.2. The summed E-state index contributed by atoms with van der Waals surface area (Å²) in [6.45, 7) is 5.43. The SMILES string of the molecule is CN=C(C)CC1CCN(C(=O)/C=C/c2ccc(Cl)cc2Cc2nc(C)no2)CC1. The molecule has 0 N–H and O–H groups in total. The van der Waals surface area contributed by atoms with Gasteiger partial charge in [0.25, 0.3) is 0 Å². The second-order valence-corrected chi connectivity index (χ2v) is 7.96. The smallest absolute Gasteiger partial charge is 0.246 e. The van der Waals surface area contributed by atoms with Gasteiger partial charge >= 0.3 is 0 Å². The maximum absolute atomic E-state index is 12.6. The average Bonchev–Trinajstić information content (AvgIpc) is 3.12. The van der Waals surface area contributed by atoms with Crippen LogP contribution >= 0.6 is 11.6 Å². The van der Waals surface area contributed by atoms with E-state index < -0.39 is 0 Å². The first-order valence-corrected chi connectivity index (χ1v) is 10.3. The highest BCUT2D eigenvalue weighted by molar-refractivity contribution is 6.30. The molecule has 0 aliphatic carbocycles. The Morgan fingerprint density at radius 2 is 2.14 bits per heavy atom. The van der Waals surface area contributed by atoms with Gasteiger partial charge in [0.05, 0.1) is 6.42 Å². The van der Waals surface area contributed by atoms with Gasteiger partial charge in [0.1, 0.15) is 0 Å². The largest absolute Gasteiger partial charge is 0.339 e. The average molecular weight is 415 g/mol. The fourth-order valence-corrected chi connectivity index (χ4v) is 3.79. The summed E-state index contributed by atoms with van der Waals surface area (Å²) < 4.78 is 5.22. The molecule has 0 spiro atoms. The number of nitrogens with zero attached hydrogens (tertiary/aromatic N) is 4. The van der Waals surface area contributed by atoms with Gasteiger partial charge in [0, 0.05) is 36.9 Å². The molecule has 1 fully saturated rings. The molecule has 0 atom stereocenters. The van der Waals surface area contributed by atoms with Crippen molar-refractivity contribution < 1.29 is 9.32 Å². The third-order valence-corrected chi connectivity index (χ3v) is 5.55. The highest BCUT2D eigenvalue weighted by Gasteiger charge is 2.22. The Bertz CT molecular complexity index is 911. The molecular formula is C22H27ClN4O2. The van der Waals surface area contributed by atoms with Crippen molar-refractivity contribution in [3.05, 3.63) is 52.1 Å². The van der Waals surface area contributed by atoms with E-state index in [9.17, 15) is 4.79 Å². The number of hydrogen-bond acceptors (Lipinski definition) is 5. The number of rotatable bonds is 6. The number of carbonyl (C=O) groups is 1. The molecule has 154 valence electrons. The molecule has 1 aliphatic heterocycles. The number of amides is 1. The Labute approximate surface area is 176 Å². The maximum atomic E-state index is 12.6. The van der Waals surface area contributed by atoms with Crippen LogP contribution in [-0.4, -0.2) is 46.8 Å². The highest BCUT2D eigenvalue weighted by Crippen LogP contribution is 2.23. The van der Waals surface area contributed by atoms with Gasteiger partial charge in [0.2, 0.25) is 11.8 Å². The van der Waals surface area contributed by atoms with Crippen LogP contribution < -0.4 is 0 Å². The van der Waals surface area contributed by atoms with Gasteiger partial charge in [-0.2, -0.15) is 4.98 Å². The molecule has 0 bridgehead atoms. The maximum Gasteiger partial charge on any atom is 0.246 e. The second-order valence-electron chi connectivity index (χ2n) is 7.52. The van der Waals surface area contributed by atoms with Crippen LogP contribution in [0, 0.1) is 12.8 Å². The molecule has 1 saturated heterocycles. The summed E-state index contributed by atoms with van der Waals surface area (Å²) in [5.41, 5.74) is 3.04. The van der Waals surface area contributed by atoms with Crippen LogP contribution in [0.1, 0.15) is 49.0 Å². The molecule has 3 rings (SSSR count). The number of carbonyl (C=O) groups excluding carboxylic acids is 1. The third-order valence-electron chi connectivity index (χ3n) is 5.31. The van der Waals surface area contributed by atoms with Crippen LogP contribution in [0.3, 0.4) is 0 Å². The number of aryl methyl sites for hydroxylation is 1. The van der Waals surface area contributed by atoms with Crippen LogP contribution in [0.5, 0.6) is 0 Å². The second kappa shape index (κ2) is 9.83. The zero-order valence-corrected chi connectivity index (χ0v) is 17.9. The van der Waals surface area contributed by atoms with E-state index in [4.69, 9.17) is 16.1 Å². The lowest BCUT2D eigenvalue weighted by molar-refractivity contribution is -0.127. The summed E-state index contributed by atoms with van der Waals surface area (Å²) in [5.74, 6) is 1.78. The number of piperidine rings is 1. The molecule has 6 nitrogen and oxygen atoms in total. The summed E-state index contributed by atoms with van der Waals surface area (Å²) in [6.07, 6.45) is 7.03. The van der Waals surface area contributed by atoms with Crippen molar-refractivity contribution in [2.24, 2.45) is 10.9 Å². The van der Waals surface area contributed by atoms with E-state index in [1.807, 2.05) is 36.2 Å². The highest BCUT2D eigenvalue weighted by atomic mass is 35.5. The minimum absolute atomic E-state index is 0.0406. The minimum Gasteiger partial charge on any atom is -0.339 e. The minimum atomic E-state index is 0.0406. The van der Waals surface area contributed by atoms with E-state index in [1.54, 1.807) is 13.0 Å². The number of likely N-dealkylation sites (tertiary alicyclic amines) is 1. The fourth-order valence-electron chi connectivity index (χ4n) is 3.60. The van der Waals surface area contributed by atoms with Gasteiger partial charge in [-0.3, -0.25) is 9.79 Å². The van der Waals surface area contributed by atoms with E-state index in [0.29, 0.717) is 29.1 Å². The summed E-state index contributed by atoms with van der Waals surface area (Å²) in [4.78, 5) is 23.1. The lowest BCUT2D eigenvalue weighted by Crippen LogP contribution is -2.37. The van der Waals surface area contributed by atoms with Gasteiger partial charge in [-0.15, -0.1) is 0 Å². The fraction of sp³-hybridized carbons (Fsp3) is 0.455. The number of hydrogen-bond donors (Lipinski definition) is 0. The van der Waals surface area contributed by atoms with Crippen LogP contribution in [0.2, 0.25) is 5.02 Å². The van der Waals surface area contributed by atoms with Crippen LogP contribution in [0.25, 0.3) is 6.08 Å². The van der Waals surface area contributed by atoms with Crippen molar-refractivity contribution in [1.29, 1.82) is 0 Å². The number of benzene rings is 1. The molecule has 1 amide bonds. The van der Waals surface area contributed by atoms with E-state index in [0.717, 1.165) is 43.5 Å². The van der Waals surface area contributed by atoms with Crippen LogP contribution in [0.4, 0.5) is 0 Å². The zero-order chi connectivity index (χ0) is 20.8. The van der Waals surface area contributed by atoms with Gasteiger partial charge in [-0.05, 0) is 68.4 Å². The molecule has 1 aromatic heterocycles. The molecule has 0 radical (unpaired) electrons. The molecular weight excluding hydrogens is 388 g/mol. The Morgan fingerprint density at radius 1 is 1.38 bits per heavy atom. The molecule has 1 aromatic carbocycles. The lowest BCUT2D eigenvalue weighted by Gasteiger charge is -2.31. The van der Waals surface area contributed by atoms with Gasteiger partial charge in [0.15, 0.2) is 5.82 Å². The summed E-state index contributed by atoms with van der Waals surface area (Å²) in [6, 6.07) is 5.59. The first kappa shape index (κ1) is 21.2. The van der Waals surface area contributed by atoms with Crippen molar-refractivity contribution >= 4 is 29.3 Å². The summed E-state index contributed by atoms with van der Waals surface area (Å²) >= 11 is 6.16. The van der Waals surface area contributed by atoms with Crippen LogP contribution in [0.15, 0.2) is 33.8 Å². The summed E-state index contributed by atoms with van der Waals surface area (Å²) in [5, 5.41) is 4.46. The molecule has 0 saturated carbocycles. The third kappa shape index (κ3) is 6.00. The first-order valence-electron chi connectivity index (χ1n) is 9.91. The monoisotopic (exact) mass is 414 g/mol. The topological polar surface area (TPSA) is 71.6 Å². The van der Waals surface area contributed by atoms with E-state index in [2.05, 4.69) is 22.1 Å². The Balaban J connectivity index is 1.63. The van der Waals surface area contributed by atoms with E-state index >= 15 is 0 Å². The molecule has 7 heteroatoms. The lowest BCUT2D eigenvalue weighted by atomic mass is 9.91. The quantitative estimate of drug-likeness (QED) is 0.520. The first-order chi connectivity index (χ1) is 13.9. The van der Waals surface area contributed by atoms with Gasteiger partial charge < -0.3 is 9.42 Å². The van der Waals surface area contributed by atoms with Crippen molar-refractivity contribution in [3.8, 4) is 0 Å². The Morgan fingerprint density at radius 3 is 2.79 bits per heavy atom. The molecule has 0 unspecified atom stereocenters. The summed E-state index contributed by atoms with van der Waals surface area (Å²) in [7, 11) is 1.84. The molecule has 2 aromatic rings. The molecule has 29 heavy (non-hydrogen) atoms. The Hall–Kier alpha value is -2.47. The Kier molecular flexibility index (Phi) is 7.20. The molecule has 1 aliphatic rings. The van der Waals surface area contributed by atoms with Crippen LogP contribution in [-0.2, 0) is 11.2 Å².